The van der Waals surface area contributed by atoms with E-state index in [1.54, 1.807) is 0 Å². The Morgan fingerprint density at radius 3 is 2.20 bits per heavy atom. The fourth-order valence-corrected chi connectivity index (χ4v) is 3.98. The molecule has 1 aromatic rings. The number of amides is 1. The second-order valence-corrected chi connectivity index (χ2v) is 7.87. The first-order valence-electron chi connectivity index (χ1n) is 9.67. The normalized spacial score (nSPS) is 21.0. The maximum absolute atomic E-state index is 12.3. The molecular formula is C20H30ClN3O. The van der Waals surface area contributed by atoms with Gasteiger partial charge in [-0.15, -0.1) is 0 Å². The average molecular weight is 364 g/mol. The highest BCUT2D eigenvalue weighted by molar-refractivity contribution is 6.30. The van der Waals surface area contributed by atoms with Gasteiger partial charge in [0, 0.05) is 43.8 Å². The second-order valence-electron chi connectivity index (χ2n) is 7.43. The minimum atomic E-state index is 0.207. The summed E-state index contributed by atoms with van der Waals surface area (Å²) in [6, 6.07) is 8.49. The Bertz CT molecular complexity index is 532. The molecule has 0 atom stereocenters. The molecule has 1 aliphatic heterocycles. The van der Waals surface area contributed by atoms with Crippen molar-refractivity contribution in [2.45, 2.75) is 51.1 Å². The third-order valence-corrected chi connectivity index (χ3v) is 5.62. The summed E-state index contributed by atoms with van der Waals surface area (Å²) in [6.07, 6.45) is 7.47. The summed E-state index contributed by atoms with van der Waals surface area (Å²) in [7, 11) is 0. The van der Waals surface area contributed by atoms with Crippen LogP contribution in [0.5, 0.6) is 0 Å². The van der Waals surface area contributed by atoms with Gasteiger partial charge in [-0.05, 0) is 30.5 Å². The van der Waals surface area contributed by atoms with Crippen LogP contribution in [0.15, 0.2) is 24.3 Å². The Hall–Kier alpha value is -1.10. The minimum Gasteiger partial charge on any atom is -0.352 e. The van der Waals surface area contributed by atoms with Gasteiger partial charge in [-0.2, -0.15) is 0 Å². The van der Waals surface area contributed by atoms with E-state index in [4.69, 9.17) is 11.6 Å². The first-order valence-corrected chi connectivity index (χ1v) is 10.1. The number of halogens is 1. The summed E-state index contributed by atoms with van der Waals surface area (Å²) in [4.78, 5) is 17.0. The van der Waals surface area contributed by atoms with Crippen LogP contribution in [0.4, 0.5) is 0 Å². The minimum absolute atomic E-state index is 0.207. The lowest BCUT2D eigenvalue weighted by atomic mass is 10.1. The van der Waals surface area contributed by atoms with Crippen LogP contribution in [0.3, 0.4) is 0 Å². The van der Waals surface area contributed by atoms with E-state index in [1.807, 2.05) is 12.1 Å². The zero-order valence-corrected chi connectivity index (χ0v) is 15.8. The maximum atomic E-state index is 12.3. The predicted molar refractivity (Wildman–Crippen MR) is 103 cm³/mol. The lowest BCUT2D eigenvalue weighted by molar-refractivity contribution is -0.123. The van der Waals surface area contributed by atoms with Crippen molar-refractivity contribution in [1.82, 2.24) is 15.1 Å². The smallest absolute Gasteiger partial charge is 0.234 e. The Morgan fingerprint density at radius 1 is 0.960 bits per heavy atom. The average Bonchev–Trinajstić information content (AvgIpc) is 2.87. The van der Waals surface area contributed by atoms with Gasteiger partial charge >= 0.3 is 0 Å². The van der Waals surface area contributed by atoms with Crippen molar-refractivity contribution in [1.29, 1.82) is 0 Å². The van der Waals surface area contributed by atoms with Gasteiger partial charge in [-0.3, -0.25) is 14.6 Å². The van der Waals surface area contributed by atoms with E-state index in [0.717, 1.165) is 50.6 Å². The van der Waals surface area contributed by atoms with Crippen molar-refractivity contribution in [2.24, 2.45) is 0 Å². The van der Waals surface area contributed by atoms with E-state index in [2.05, 4.69) is 27.2 Å². The van der Waals surface area contributed by atoms with Crippen LogP contribution >= 0.6 is 11.6 Å². The standard InChI is InChI=1S/C20H30ClN3O/c21-18-9-7-17(8-10-18)15-23-11-13-24(14-12-23)16-20(25)22-19-5-3-1-2-4-6-19/h7-10,19H,1-6,11-16H2,(H,22,25). The molecule has 0 aromatic heterocycles. The van der Waals surface area contributed by atoms with Crippen LogP contribution in [-0.2, 0) is 11.3 Å². The molecule has 0 bridgehead atoms. The van der Waals surface area contributed by atoms with Crippen LogP contribution in [0, 0.1) is 0 Å². The highest BCUT2D eigenvalue weighted by Gasteiger charge is 2.21. The van der Waals surface area contributed by atoms with Gasteiger partial charge in [-0.25, -0.2) is 0 Å². The third-order valence-electron chi connectivity index (χ3n) is 5.37. The summed E-state index contributed by atoms with van der Waals surface area (Å²) >= 11 is 5.94. The van der Waals surface area contributed by atoms with Gasteiger partial charge in [0.25, 0.3) is 0 Å². The molecule has 2 aliphatic rings. The quantitative estimate of drug-likeness (QED) is 0.815. The highest BCUT2D eigenvalue weighted by atomic mass is 35.5. The number of rotatable bonds is 5. The van der Waals surface area contributed by atoms with Crippen LogP contribution in [-0.4, -0.2) is 54.5 Å². The Kier molecular flexibility index (Phi) is 7.14. The number of carbonyl (C=O) groups excluding carboxylic acids is 1. The number of nitrogens with one attached hydrogen (secondary N) is 1. The lowest BCUT2D eigenvalue weighted by Crippen LogP contribution is -2.50. The molecule has 1 aromatic carbocycles. The SMILES string of the molecule is O=C(CN1CCN(Cc2ccc(Cl)cc2)CC1)NC1CCCCCC1. The summed E-state index contributed by atoms with van der Waals surface area (Å²) in [5.74, 6) is 0.207. The summed E-state index contributed by atoms with van der Waals surface area (Å²) in [6.45, 7) is 5.46. The van der Waals surface area contributed by atoms with Crippen molar-refractivity contribution in [3.63, 3.8) is 0 Å². The topological polar surface area (TPSA) is 35.6 Å². The van der Waals surface area contributed by atoms with E-state index in [1.165, 1.54) is 31.2 Å². The van der Waals surface area contributed by atoms with E-state index < -0.39 is 0 Å². The van der Waals surface area contributed by atoms with Gasteiger partial charge in [-0.1, -0.05) is 49.4 Å². The van der Waals surface area contributed by atoms with Crippen LogP contribution in [0.2, 0.25) is 5.02 Å². The molecule has 1 saturated heterocycles. The molecule has 3 rings (SSSR count). The molecule has 1 heterocycles. The fraction of sp³-hybridized carbons (Fsp3) is 0.650. The summed E-state index contributed by atoms with van der Waals surface area (Å²) in [5, 5.41) is 4.04. The number of nitrogens with zero attached hydrogens (tertiary/aromatic N) is 2. The monoisotopic (exact) mass is 363 g/mol. The van der Waals surface area contributed by atoms with Crippen LogP contribution in [0.1, 0.15) is 44.1 Å². The van der Waals surface area contributed by atoms with E-state index >= 15 is 0 Å². The number of hydrogen-bond donors (Lipinski definition) is 1. The number of hydrogen-bond acceptors (Lipinski definition) is 3. The Morgan fingerprint density at radius 2 is 1.56 bits per heavy atom. The molecule has 0 radical (unpaired) electrons. The molecule has 4 nitrogen and oxygen atoms in total. The molecule has 1 aliphatic carbocycles. The second kappa shape index (κ2) is 9.56. The molecule has 0 spiro atoms. The lowest BCUT2D eigenvalue weighted by Gasteiger charge is -2.34. The van der Waals surface area contributed by atoms with Crippen molar-refractivity contribution in [3.05, 3.63) is 34.9 Å². The molecule has 25 heavy (non-hydrogen) atoms. The van der Waals surface area contributed by atoms with Gasteiger partial charge in [0.1, 0.15) is 0 Å². The first kappa shape index (κ1) is 18.7. The fourth-order valence-electron chi connectivity index (χ4n) is 3.85. The molecule has 1 saturated carbocycles. The molecule has 138 valence electrons. The van der Waals surface area contributed by atoms with Crippen molar-refractivity contribution >= 4 is 17.5 Å². The third kappa shape index (κ3) is 6.28. The van der Waals surface area contributed by atoms with Crippen LogP contribution < -0.4 is 5.32 Å². The predicted octanol–water partition coefficient (Wildman–Crippen LogP) is 3.30. The number of piperazine rings is 1. The van der Waals surface area contributed by atoms with Crippen LogP contribution in [0.25, 0.3) is 0 Å². The largest absolute Gasteiger partial charge is 0.352 e. The molecular weight excluding hydrogens is 334 g/mol. The Labute approximate surface area is 156 Å². The summed E-state index contributed by atoms with van der Waals surface area (Å²) < 4.78 is 0. The first-order chi connectivity index (χ1) is 12.2. The van der Waals surface area contributed by atoms with Gasteiger partial charge in [0.2, 0.25) is 5.91 Å². The number of carbonyl (C=O) groups is 1. The zero-order chi connectivity index (χ0) is 17.5. The maximum Gasteiger partial charge on any atom is 0.234 e. The highest BCUT2D eigenvalue weighted by Crippen LogP contribution is 2.17. The van der Waals surface area contributed by atoms with Crippen molar-refractivity contribution in [3.8, 4) is 0 Å². The van der Waals surface area contributed by atoms with Crippen molar-refractivity contribution < 1.29 is 4.79 Å². The molecule has 1 amide bonds. The number of benzene rings is 1. The van der Waals surface area contributed by atoms with Gasteiger partial charge in [0.05, 0.1) is 6.54 Å². The van der Waals surface area contributed by atoms with Gasteiger partial charge in [0.15, 0.2) is 0 Å². The molecule has 2 fully saturated rings. The molecule has 5 heteroatoms. The van der Waals surface area contributed by atoms with Crippen molar-refractivity contribution in [2.75, 3.05) is 32.7 Å². The van der Waals surface area contributed by atoms with E-state index in [9.17, 15) is 4.79 Å². The van der Waals surface area contributed by atoms with Gasteiger partial charge < -0.3 is 5.32 Å². The molecule has 0 unspecified atom stereocenters. The summed E-state index contributed by atoms with van der Waals surface area (Å²) in [5.41, 5.74) is 1.30. The van der Waals surface area contributed by atoms with E-state index in [0.29, 0.717) is 12.6 Å². The Balaban J connectivity index is 1.37. The van der Waals surface area contributed by atoms with E-state index in [-0.39, 0.29) is 5.91 Å². The zero-order valence-electron chi connectivity index (χ0n) is 15.1. The molecule has 1 N–H and O–H groups in total.